The van der Waals surface area contributed by atoms with Crippen molar-refractivity contribution < 1.29 is 4.74 Å². The Bertz CT molecular complexity index is 674. The quantitative estimate of drug-likeness (QED) is 0.819. The summed E-state index contributed by atoms with van der Waals surface area (Å²) in [7, 11) is 0. The van der Waals surface area contributed by atoms with Gasteiger partial charge in [0.2, 0.25) is 5.95 Å². The molecule has 1 unspecified atom stereocenters. The van der Waals surface area contributed by atoms with Crippen LogP contribution in [0.3, 0.4) is 0 Å². The first kappa shape index (κ1) is 14.4. The lowest BCUT2D eigenvalue weighted by Crippen LogP contribution is -2.44. The van der Waals surface area contributed by atoms with E-state index < -0.39 is 0 Å². The zero-order chi connectivity index (χ0) is 14.9. The first-order chi connectivity index (χ1) is 10.8. The van der Waals surface area contributed by atoms with Crippen LogP contribution in [-0.4, -0.2) is 60.3 Å². The minimum atomic E-state index is 0.605. The Morgan fingerprint density at radius 3 is 2.91 bits per heavy atom. The van der Waals surface area contributed by atoms with E-state index in [-0.39, 0.29) is 0 Å². The van der Waals surface area contributed by atoms with Crippen LogP contribution < -0.4 is 4.90 Å². The summed E-state index contributed by atoms with van der Waals surface area (Å²) in [5, 5.41) is 1.07. The van der Waals surface area contributed by atoms with Gasteiger partial charge < -0.3 is 9.64 Å². The summed E-state index contributed by atoms with van der Waals surface area (Å²) in [4.78, 5) is 14.1. The van der Waals surface area contributed by atoms with Gasteiger partial charge in [0.25, 0.3) is 0 Å². The molecule has 22 heavy (non-hydrogen) atoms. The van der Waals surface area contributed by atoms with Gasteiger partial charge in [-0.2, -0.15) is 0 Å². The summed E-state index contributed by atoms with van der Waals surface area (Å²) >= 11 is 3.49. The molecule has 0 spiro atoms. The third kappa shape index (κ3) is 2.83. The molecule has 0 saturated carbocycles. The lowest BCUT2D eigenvalue weighted by molar-refractivity contribution is 0.0209. The summed E-state index contributed by atoms with van der Waals surface area (Å²) in [6, 6.07) is 6.73. The third-order valence-corrected chi connectivity index (χ3v) is 5.03. The standard InChI is InChI=1S/C16H19BrN4O/c17-13-1-2-15-12(9-13)10-18-16(19-15)21-4-3-14(11-21)20-5-7-22-8-6-20/h1-2,9-10,14H,3-8,11H2. The predicted octanol–water partition coefficient (Wildman–Crippen LogP) is 2.30. The van der Waals surface area contributed by atoms with Gasteiger partial charge in [-0.15, -0.1) is 0 Å². The molecule has 0 radical (unpaired) electrons. The van der Waals surface area contributed by atoms with Crippen molar-refractivity contribution in [1.29, 1.82) is 0 Å². The molecule has 2 aliphatic heterocycles. The maximum atomic E-state index is 5.44. The highest BCUT2D eigenvalue weighted by Crippen LogP contribution is 2.23. The minimum Gasteiger partial charge on any atom is -0.379 e. The second kappa shape index (κ2) is 6.10. The van der Waals surface area contributed by atoms with E-state index in [0.717, 1.165) is 60.7 Å². The van der Waals surface area contributed by atoms with Gasteiger partial charge in [0, 0.05) is 48.3 Å². The van der Waals surface area contributed by atoms with Gasteiger partial charge in [-0.1, -0.05) is 15.9 Å². The van der Waals surface area contributed by atoms with Gasteiger partial charge in [0.05, 0.1) is 18.7 Å². The summed E-state index contributed by atoms with van der Waals surface area (Å²) < 4.78 is 6.50. The van der Waals surface area contributed by atoms with Crippen LogP contribution in [0.15, 0.2) is 28.9 Å². The molecule has 116 valence electrons. The summed E-state index contributed by atoms with van der Waals surface area (Å²) in [6.45, 7) is 5.86. The Balaban J connectivity index is 1.51. The van der Waals surface area contributed by atoms with Crippen molar-refractivity contribution in [1.82, 2.24) is 14.9 Å². The Kier molecular flexibility index (Phi) is 3.98. The molecule has 0 aliphatic carbocycles. The second-order valence-corrected chi connectivity index (χ2v) is 6.83. The van der Waals surface area contributed by atoms with Crippen LogP contribution in [0.5, 0.6) is 0 Å². The number of rotatable bonds is 2. The van der Waals surface area contributed by atoms with Crippen LogP contribution in [0.1, 0.15) is 6.42 Å². The van der Waals surface area contributed by atoms with Crippen LogP contribution in [0.25, 0.3) is 10.9 Å². The van der Waals surface area contributed by atoms with Crippen molar-refractivity contribution in [2.45, 2.75) is 12.5 Å². The number of nitrogens with zero attached hydrogens (tertiary/aromatic N) is 4. The van der Waals surface area contributed by atoms with Crippen molar-refractivity contribution in [3.05, 3.63) is 28.9 Å². The molecule has 2 fully saturated rings. The van der Waals surface area contributed by atoms with E-state index in [4.69, 9.17) is 9.72 Å². The molecule has 2 aromatic rings. The molecule has 2 aliphatic rings. The number of aromatic nitrogens is 2. The smallest absolute Gasteiger partial charge is 0.225 e. The van der Waals surface area contributed by atoms with E-state index >= 15 is 0 Å². The van der Waals surface area contributed by atoms with E-state index in [9.17, 15) is 0 Å². The summed E-state index contributed by atoms with van der Waals surface area (Å²) in [5.74, 6) is 0.852. The first-order valence-electron chi connectivity index (χ1n) is 7.79. The van der Waals surface area contributed by atoms with Crippen molar-refractivity contribution in [2.24, 2.45) is 0 Å². The van der Waals surface area contributed by atoms with Crippen LogP contribution in [0.4, 0.5) is 5.95 Å². The van der Waals surface area contributed by atoms with Gasteiger partial charge in [-0.3, -0.25) is 4.90 Å². The normalized spacial score (nSPS) is 23.3. The molecule has 0 N–H and O–H groups in total. The first-order valence-corrected chi connectivity index (χ1v) is 8.58. The number of ether oxygens (including phenoxy) is 1. The van der Waals surface area contributed by atoms with Crippen molar-refractivity contribution in [2.75, 3.05) is 44.3 Å². The van der Waals surface area contributed by atoms with Crippen LogP contribution in [0, 0.1) is 0 Å². The fourth-order valence-corrected chi connectivity index (χ4v) is 3.69. The zero-order valence-electron chi connectivity index (χ0n) is 12.4. The average molecular weight is 363 g/mol. The highest BCUT2D eigenvalue weighted by Gasteiger charge is 2.29. The molecule has 4 rings (SSSR count). The zero-order valence-corrected chi connectivity index (χ0v) is 14.0. The fourth-order valence-electron chi connectivity index (χ4n) is 3.31. The Labute approximate surface area is 138 Å². The number of hydrogen-bond donors (Lipinski definition) is 0. The molecule has 1 aromatic heterocycles. The molecule has 3 heterocycles. The molecule has 1 atom stereocenters. The number of morpholine rings is 1. The molecule has 0 amide bonds. The van der Waals surface area contributed by atoms with Gasteiger partial charge in [0.1, 0.15) is 0 Å². The number of hydrogen-bond acceptors (Lipinski definition) is 5. The van der Waals surface area contributed by atoms with Gasteiger partial charge >= 0.3 is 0 Å². The van der Waals surface area contributed by atoms with E-state index in [0.29, 0.717) is 6.04 Å². The number of anilines is 1. The highest BCUT2D eigenvalue weighted by molar-refractivity contribution is 9.10. The molecular formula is C16H19BrN4O. The molecular weight excluding hydrogens is 344 g/mol. The van der Waals surface area contributed by atoms with Crippen LogP contribution in [-0.2, 0) is 4.74 Å². The minimum absolute atomic E-state index is 0.605. The van der Waals surface area contributed by atoms with E-state index in [1.807, 2.05) is 18.3 Å². The van der Waals surface area contributed by atoms with E-state index in [1.54, 1.807) is 0 Å². The number of halogens is 1. The fraction of sp³-hybridized carbons (Fsp3) is 0.500. The van der Waals surface area contributed by atoms with Gasteiger partial charge in [0.15, 0.2) is 0 Å². The van der Waals surface area contributed by atoms with E-state index in [2.05, 4.69) is 36.8 Å². The number of benzene rings is 1. The second-order valence-electron chi connectivity index (χ2n) is 5.91. The maximum Gasteiger partial charge on any atom is 0.225 e. The average Bonchev–Trinajstić information content (AvgIpc) is 3.05. The largest absolute Gasteiger partial charge is 0.379 e. The lowest BCUT2D eigenvalue weighted by atomic mass is 10.2. The van der Waals surface area contributed by atoms with Crippen molar-refractivity contribution in [3.8, 4) is 0 Å². The van der Waals surface area contributed by atoms with Crippen molar-refractivity contribution >= 4 is 32.8 Å². The van der Waals surface area contributed by atoms with Gasteiger partial charge in [-0.25, -0.2) is 9.97 Å². The molecule has 2 saturated heterocycles. The Morgan fingerprint density at radius 1 is 1.18 bits per heavy atom. The summed E-state index contributed by atoms with van der Waals surface area (Å²) in [5.41, 5.74) is 1.00. The maximum absolute atomic E-state index is 5.44. The third-order valence-electron chi connectivity index (χ3n) is 4.54. The molecule has 6 heteroatoms. The van der Waals surface area contributed by atoms with E-state index in [1.165, 1.54) is 6.42 Å². The topological polar surface area (TPSA) is 41.5 Å². The van der Waals surface area contributed by atoms with Gasteiger partial charge in [-0.05, 0) is 24.6 Å². The summed E-state index contributed by atoms with van der Waals surface area (Å²) in [6.07, 6.45) is 3.10. The Hall–Kier alpha value is -1.24. The monoisotopic (exact) mass is 362 g/mol. The Morgan fingerprint density at radius 2 is 2.05 bits per heavy atom. The van der Waals surface area contributed by atoms with Crippen LogP contribution >= 0.6 is 15.9 Å². The number of fused-ring (bicyclic) bond motifs is 1. The molecule has 1 aromatic carbocycles. The predicted molar refractivity (Wildman–Crippen MR) is 90.2 cm³/mol. The molecule has 5 nitrogen and oxygen atoms in total. The van der Waals surface area contributed by atoms with Crippen LogP contribution in [0.2, 0.25) is 0 Å². The van der Waals surface area contributed by atoms with Crippen molar-refractivity contribution in [3.63, 3.8) is 0 Å². The lowest BCUT2D eigenvalue weighted by Gasteiger charge is -2.32. The highest BCUT2D eigenvalue weighted by atomic mass is 79.9. The SMILES string of the molecule is Brc1ccc2nc(N3CCC(N4CCOCC4)C3)ncc2c1. The molecule has 0 bridgehead atoms.